The predicted octanol–water partition coefficient (Wildman–Crippen LogP) is 23.0. The zero-order chi connectivity index (χ0) is 57.1. The summed E-state index contributed by atoms with van der Waals surface area (Å²) in [6.45, 7) is 6.52. The van der Waals surface area contributed by atoms with Crippen LogP contribution in [0.2, 0.25) is 0 Å². The lowest BCUT2D eigenvalue weighted by atomic mass is 10.1. The van der Waals surface area contributed by atoms with E-state index in [1.54, 1.807) is 0 Å². The van der Waals surface area contributed by atoms with E-state index in [1.807, 2.05) is 0 Å². The molecule has 79 heavy (non-hydrogen) atoms. The number of unbranched alkanes of at least 4 members (excludes halogenated alkanes) is 31. The lowest BCUT2D eigenvalue weighted by Crippen LogP contribution is -2.30. The summed E-state index contributed by atoms with van der Waals surface area (Å²) in [4.78, 5) is 38.4. The lowest BCUT2D eigenvalue weighted by Gasteiger charge is -2.18. The highest BCUT2D eigenvalue weighted by Gasteiger charge is 2.19. The van der Waals surface area contributed by atoms with Crippen LogP contribution in [0.15, 0.2) is 109 Å². The summed E-state index contributed by atoms with van der Waals surface area (Å²) >= 11 is 0. The van der Waals surface area contributed by atoms with E-state index in [0.29, 0.717) is 19.3 Å². The molecule has 0 aromatic rings. The van der Waals surface area contributed by atoms with Gasteiger partial charge >= 0.3 is 17.9 Å². The zero-order valence-electron chi connectivity index (χ0n) is 51.9. The van der Waals surface area contributed by atoms with Crippen molar-refractivity contribution in [3.63, 3.8) is 0 Å². The summed E-state index contributed by atoms with van der Waals surface area (Å²) in [6, 6.07) is 0. The van der Waals surface area contributed by atoms with Gasteiger partial charge in [-0.3, -0.25) is 14.4 Å². The molecular formula is C73H124O6. The lowest BCUT2D eigenvalue weighted by molar-refractivity contribution is -0.167. The molecule has 452 valence electrons. The molecule has 0 fully saturated rings. The summed E-state index contributed by atoms with van der Waals surface area (Å²) in [7, 11) is 0. The number of esters is 3. The van der Waals surface area contributed by atoms with Crippen molar-refractivity contribution in [1.82, 2.24) is 0 Å². The van der Waals surface area contributed by atoms with E-state index in [0.717, 1.165) is 122 Å². The van der Waals surface area contributed by atoms with Crippen molar-refractivity contribution in [1.29, 1.82) is 0 Å². The first kappa shape index (κ1) is 75.1. The number of allylic oxidation sites excluding steroid dienone is 18. The first-order valence-corrected chi connectivity index (χ1v) is 33.4. The van der Waals surface area contributed by atoms with Crippen molar-refractivity contribution in [3.8, 4) is 0 Å². The minimum absolute atomic E-state index is 0.0880. The van der Waals surface area contributed by atoms with Gasteiger partial charge in [-0.2, -0.15) is 0 Å². The van der Waals surface area contributed by atoms with Crippen molar-refractivity contribution in [2.45, 2.75) is 322 Å². The molecule has 0 saturated carbocycles. The van der Waals surface area contributed by atoms with Gasteiger partial charge in [-0.05, 0) is 128 Å². The summed E-state index contributed by atoms with van der Waals surface area (Å²) in [6.07, 6.45) is 90.9. The third-order valence-corrected chi connectivity index (χ3v) is 14.2. The second kappa shape index (κ2) is 66.6. The second-order valence-electron chi connectivity index (χ2n) is 22.0. The Morgan fingerprint density at radius 3 is 0.785 bits per heavy atom. The SMILES string of the molecule is CC/C=C\C/C=C\C/C=C\C/C=C\C/C=C\C/C=C\C/C=C\CCCCCCCC(=O)OCC(COC(=O)CCCCCCCCC/C=C\CCCCCCCC)OC(=O)CCCCCCCCC/C=C\CCCCCCCC. The smallest absolute Gasteiger partial charge is 0.306 e. The third-order valence-electron chi connectivity index (χ3n) is 14.2. The maximum absolute atomic E-state index is 12.9. The molecule has 0 N–H and O–H groups in total. The highest BCUT2D eigenvalue weighted by atomic mass is 16.6. The first-order valence-electron chi connectivity index (χ1n) is 33.4. The molecule has 6 heteroatoms. The van der Waals surface area contributed by atoms with Crippen LogP contribution in [0.4, 0.5) is 0 Å². The second-order valence-corrected chi connectivity index (χ2v) is 22.0. The highest BCUT2D eigenvalue weighted by molar-refractivity contribution is 5.71. The van der Waals surface area contributed by atoms with Crippen molar-refractivity contribution < 1.29 is 28.6 Å². The van der Waals surface area contributed by atoms with Gasteiger partial charge in [0.2, 0.25) is 0 Å². The molecule has 0 aromatic heterocycles. The van der Waals surface area contributed by atoms with Gasteiger partial charge in [-0.15, -0.1) is 0 Å². The average Bonchev–Trinajstić information content (AvgIpc) is 3.45. The molecule has 6 nitrogen and oxygen atoms in total. The first-order chi connectivity index (χ1) is 39.0. The van der Waals surface area contributed by atoms with E-state index in [2.05, 4.69) is 130 Å². The molecule has 0 aliphatic heterocycles. The molecule has 0 spiro atoms. The summed E-state index contributed by atoms with van der Waals surface area (Å²) < 4.78 is 16.9. The van der Waals surface area contributed by atoms with Crippen LogP contribution < -0.4 is 0 Å². The van der Waals surface area contributed by atoms with Gasteiger partial charge in [0.1, 0.15) is 13.2 Å². The van der Waals surface area contributed by atoms with Crippen LogP contribution in [0.5, 0.6) is 0 Å². The van der Waals surface area contributed by atoms with Gasteiger partial charge in [-0.1, -0.05) is 278 Å². The van der Waals surface area contributed by atoms with Gasteiger partial charge in [0.15, 0.2) is 6.10 Å². The topological polar surface area (TPSA) is 78.9 Å². The Kier molecular flexibility index (Phi) is 63.3. The zero-order valence-corrected chi connectivity index (χ0v) is 51.9. The van der Waals surface area contributed by atoms with E-state index < -0.39 is 6.10 Å². The van der Waals surface area contributed by atoms with Crippen LogP contribution in [-0.4, -0.2) is 37.2 Å². The molecule has 0 aliphatic rings. The number of carbonyl (C=O) groups is 3. The fourth-order valence-corrected chi connectivity index (χ4v) is 9.24. The Labute approximate surface area is 489 Å². The third kappa shape index (κ3) is 64.8. The Hall–Kier alpha value is -3.93. The minimum Gasteiger partial charge on any atom is -0.462 e. The average molecular weight is 1100 g/mol. The molecular weight excluding hydrogens is 973 g/mol. The maximum atomic E-state index is 12.9. The van der Waals surface area contributed by atoms with E-state index >= 15 is 0 Å². The van der Waals surface area contributed by atoms with Gasteiger partial charge in [0.05, 0.1) is 0 Å². The van der Waals surface area contributed by atoms with Crippen LogP contribution in [0, 0.1) is 0 Å². The molecule has 0 bridgehead atoms. The summed E-state index contributed by atoms with van der Waals surface area (Å²) in [5.74, 6) is -0.906. The van der Waals surface area contributed by atoms with E-state index in [1.165, 1.54) is 154 Å². The quantitative estimate of drug-likeness (QED) is 0.0261. The summed E-state index contributed by atoms with van der Waals surface area (Å²) in [5, 5.41) is 0. The molecule has 0 heterocycles. The Morgan fingerprint density at radius 1 is 0.266 bits per heavy atom. The van der Waals surface area contributed by atoms with Crippen molar-refractivity contribution in [2.24, 2.45) is 0 Å². The number of hydrogen-bond donors (Lipinski definition) is 0. The predicted molar refractivity (Wildman–Crippen MR) is 343 cm³/mol. The molecule has 0 amide bonds. The minimum atomic E-state index is -0.793. The van der Waals surface area contributed by atoms with E-state index in [-0.39, 0.29) is 31.1 Å². The van der Waals surface area contributed by atoms with Gasteiger partial charge in [-0.25, -0.2) is 0 Å². The van der Waals surface area contributed by atoms with Crippen LogP contribution >= 0.6 is 0 Å². The van der Waals surface area contributed by atoms with Crippen molar-refractivity contribution in [3.05, 3.63) is 109 Å². The van der Waals surface area contributed by atoms with Crippen LogP contribution in [0.3, 0.4) is 0 Å². The van der Waals surface area contributed by atoms with Crippen LogP contribution in [0.1, 0.15) is 316 Å². The highest BCUT2D eigenvalue weighted by Crippen LogP contribution is 2.16. The fourth-order valence-electron chi connectivity index (χ4n) is 9.24. The molecule has 0 saturated heterocycles. The monoisotopic (exact) mass is 1100 g/mol. The maximum Gasteiger partial charge on any atom is 0.306 e. The normalized spacial score (nSPS) is 12.8. The number of rotatable bonds is 60. The molecule has 1 unspecified atom stereocenters. The fraction of sp³-hybridized carbons (Fsp3) is 0.712. The molecule has 0 aromatic carbocycles. The largest absolute Gasteiger partial charge is 0.462 e. The molecule has 0 aliphatic carbocycles. The molecule has 0 radical (unpaired) electrons. The molecule has 0 rings (SSSR count). The van der Waals surface area contributed by atoms with E-state index in [9.17, 15) is 14.4 Å². The Balaban J connectivity index is 4.41. The standard InChI is InChI=1S/C73H124O6/c1-4-7-10-13-16-19-22-25-28-31-32-33-34-35-36-37-38-39-40-43-45-48-51-54-57-60-63-66-72(75)78-69-70(79-73(76)67-64-61-58-55-52-49-46-42-30-27-24-21-18-15-12-9-6-3)68-77-71(74)65-62-59-56-53-50-47-44-41-29-26-23-20-17-14-11-8-5-2/h7,10,16,19,25-30,32-33,35-36,38-39,43,45,70H,4-6,8-9,11-15,17-18,20-24,31,34,37,40-42,44,46-69H2,1-3H3/b10-7-,19-16-,28-25-,29-26-,30-27-,33-32-,36-35-,39-38-,45-43-. The Morgan fingerprint density at radius 2 is 0.494 bits per heavy atom. The van der Waals surface area contributed by atoms with E-state index in [4.69, 9.17) is 14.2 Å². The van der Waals surface area contributed by atoms with Crippen LogP contribution in [-0.2, 0) is 28.6 Å². The number of ether oxygens (including phenoxy) is 3. The number of hydrogen-bond acceptors (Lipinski definition) is 6. The van der Waals surface area contributed by atoms with Gasteiger partial charge in [0, 0.05) is 19.3 Å². The van der Waals surface area contributed by atoms with Crippen molar-refractivity contribution >= 4 is 17.9 Å². The van der Waals surface area contributed by atoms with Crippen molar-refractivity contribution in [2.75, 3.05) is 13.2 Å². The summed E-state index contributed by atoms with van der Waals surface area (Å²) in [5.41, 5.74) is 0. The number of carbonyl (C=O) groups excluding carboxylic acids is 3. The van der Waals surface area contributed by atoms with Crippen LogP contribution in [0.25, 0.3) is 0 Å². The van der Waals surface area contributed by atoms with Gasteiger partial charge in [0.25, 0.3) is 0 Å². The van der Waals surface area contributed by atoms with Gasteiger partial charge < -0.3 is 14.2 Å². The molecule has 1 atom stereocenters. The Bertz CT molecular complexity index is 1590.